The highest BCUT2D eigenvalue weighted by Crippen LogP contribution is 2.35. The molecule has 0 aliphatic heterocycles. The van der Waals surface area contributed by atoms with Crippen molar-refractivity contribution in [1.82, 2.24) is 9.97 Å². The number of halogens is 1. The zero-order valence-electron chi connectivity index (χ0n) is 9.16. The van der Waals surface area contributed by atoms with Crippen LogP contribution in [0.1, 0.15) is 19.3 Å². The standard InChI is InChI=1S/C10H15ClN4O/c1-16-10(3-2-4-10)6-14-8-7(11)5-13-9(12)15-8/h5H,2-4,6H2,1H3,(H3,12,13,14,15). The van der Waals surface area contributed by atoms with Crippen molar-refractivity contribution >= 4 is 23.4 Å². The minimum absolute atomic E-state index is 0.0664. The highest BCUT2D eigenvalue weighted by atomic mass is 35.5. The zero-order valence-corrected chi connectivity index (χ0v) is 9.92. The molecule has 0 bridgehead atoms. The second kappa shape index (κ2) is 4.43. The molecular weight excluding hydrogens is 228 g/mol. The third kappa shape index (κ3) is 2.20. The van der Waals surface area contributed by atoms with Crippen LogP contribution >= 0.6 is 11.6 Å². The van der Waals surface area contributed by atoms with E-state index in [4.69, 9.17) is 22.1 Å². The number of aromatic nitrogens is 2. The van der Waals surface area contributed by atoms with Gasteiger partial charge in [-0.25, -0.2) is 4.98 Å². The van der Waals surface area contributed by atoms with Gasteiger partial charge in [-0.2, -0.15) is 4.98 Å². The molecule has 0 atom stereocenters. The number of nitrogens with zero attached hydrogens (tertiary/aromatic N) is 2. The molecule has 1 fully saturated rings. The van der Waals surface area contributed by atoms with E-state index in [9.17, 15) is 0 Å². The SMILES string of the molecule is COC1(CNc2nc(N)ncc2Cl)CCC1. The zero-order chi connectivity index (χ0) is 11.6. The molecule has 0 unspecified atom stereocenters. The third-order valence-corrected chi connectivity index (χ3v) is 3.32. The number of nitrogens with two attached hydrogens (primary N) is 1. The van der Waals surface area contributed by atoms with Gasteiger partial charge in [0, 0.05) is 13.7 Å². The maximum atomic E-state index is 5.95. The molecule has 16 heavy (non-hydrogen) atoms. The van der Waals surface area contributed by atoms with Crippen LogP contribution in [0.3, 0.4) is 0 Å². The van der Waals surface area contributed by atoms with Crippen LogP contribution in [0, 0.1) is 0 Å². The van der Waals surface area contributed by atoms with Crippen molar-refractivity contribution in [3.05, 3.63) is 11.2 Å². The molecule has 0 radical (unpaired) electrons. The first-order valence-electron chi connectivity index (χ1n) is 5.22. The quantitative estimate of drug-likeness (QED) is 0.841. The molecule has 0 saturated heterocycles. The maximum absolute atomic E-state index is 5.95. The Morgan fingerprint density at radius 2 is 2.38 bits per heavy atom. The van der Waals surface area contributed by atoms with Crippen molar-refractivity contribution in [2.24, 2.45) is 0 Å². The fraction of sp³-hybridized carbons (Fsp3) is 0.600. The summed E-state index contributed by atoms with van der Waals surface area (Å²) >= 11 is 5.95. The lowest BCUT2D eigenvalue weighted by Crippen LogP contribution is -2.45. The van der Waals surface area contributed by atoms with E-state index in [1.54, 1.807) is 7.11 Å². The first kappa shape index (κ1) is 11.4. The number of anilines is 2. The van der Waals surface area contributed by atoms with Gasteiger partial charge in [-0.05, 0) is 19.3 Å². The molecule has 1 heterocycles. The van der Waals surface area contributed by atoms with Crippen LogP contribution in [0.5, 0.6) is 0 Å². The second-order valence-electron chi connectivity index (χ2n) is 4.02. The minimum Gasteiger partial charge on any atom is -0.376 e. The summed E-state index contributed by atoms with van der Waals surface area (Å²) in [5.41, 5.74) is 5.43. The highest BCUT2D eigenvalue weighted by Gasteiger charge is 2.36. The molecule has 2 rings (SSSR count). The van der Waals surface area contributed by atoms with Gasteiger partial charge < -0.3 is 15.8 Å². The van der Waals surface area contributed by atoms with E-state index in [1.807, 2.05) is 0 Å². The molecule has 1 aromatic rings. The second-order valence-corrected chi connectivity index (χ2v) is 4.43. The highest BCUT2D eigenvalue weighted by molar-refractivity contribution is 6.32. The van der Waals surface area contributed by atoms with Crippen molar-refractivity contribution in [3.63, 3.8) is 0 Å². The lowest BCUT2D eigenvalue weighted by molar-refractivity contribution is -0.0601. The average Bonchev–Trinajstić information content (AvgIpc) is 2.22. The normalized spacial score (nSPS) is 17.9. The van der Waals surface area contributed by atoms with E-state index in [0.29, 0.717) is 17.4 Å². The smallest absolute Gasteiger partial charge is 0.222 e. The van der Waals surface area contributed by atoms with Gasteiger partial charge in [0.2, 0.25) is 5.95 Å². The van der Waals surface area contributed by atoms with Crippen molar-refractivity contribution in [1.29, 1.82) is 0 Å². The summed E-state index contributed by atoms with van der Waals surface area (Å²) in [6.07, 6.45) is 4.82. The number of hydrogen-bond donors (Lipinski definition) is 2. The molecule has 88 valence electrons. The van der Waals surface area contributed by atoms with E-state index in [1.165, 1.54) is 12.6 Å². The summed E-state index contributed by atoms with van der Waals surface area (Å²) in [6, 6.07) is 0. The van der Waals surface area contributed by atoms with Crippen molar-refractivity contribution in [2.75, 3.05) is 24.7 Å². The van der Waals surface area contributed by atoms with Crippen molar-refractivity contribution < 1.29 is 4.74 Å². The summed E-state index contributed by atoms with van der Waals surface area (Å²) in [5, 5.41) is 3.63. The van der Waals surface area contributed by atoms with Crippen molar-refractivity contribution in [3.8, 4) is 0 Å². The Morgan fingerprint density at radius 1 is 1.62 bits per heavy atom. The number of nitrogens with one attached hydrogen (secondary N) is 1. The Bertz CT molecular complexity index is 376. The largest absolute Gasteiger partial charge is 0.376 e. The molecular formula is C10H15ClN4O. The lowest BCUT2D eigenvalue weighted by Gasteiger charge is -2.40. The van der Waals surface area contributed by atoms with E-state index in [-0.39, 0.29) is 11.5 Å². The number of rotatable bonds is 4. The van der Waals surface area contributed by atoms with Gasteiger partial charge in [-0.15, -0.1) is 0 Å². The molecule has 0 spiro atoms. The topological polar surface area (TPSA) is 73.1 Å². The summed E-state index contributed by atoms with van der Waals surface area (Å²) in [7, 11) is 1.73. The summed E-state index contributed by atoms with van der Waals surface area (Å²) in [5.74, 6) is 0.782. The van der Waals surface area contributed by atoms with Gasteiger partial charge >= 0.3 is 0 Å². The van der Waals surface area contributed by atoms with Crippen LogP contribution in [0.15, 0.2) is 6.20 Å². The summed E-state index contributed by atoms with van der Waals surface area (Å²) in [4.78, 5) is 7.84. The molecule has 6 heteroatoms. The van der Waals surface area contributed by atoms with Crippen LogP contribution in [-0.2, 0) is 4.74 Å². The first-order chi connectivity index (χ1) is 7.65. The number of nitrogen functional groups attached to an aromatic ring is 1. The van der Waals surface area contributed by atoms with Gasteiger partial charge in [0.1, 0.15) is 5.02 Å². The number of ether oxygens (including phenoxy) is 1. The Kier molecular flexibility index (Phi) is 3.16. The average molecular weight is 243 g/mol. The van der Waals surface area contributed by atoms with Crippen LogP contribution in [0.2, 0.25) is 5.02 Å². The summed E-state index contributed by atoms with van der Waals surface area (Å²) < 4.78 is 5.49. The van der Waals surface area contributed by atoms with Gasteiger partial charge in [-0.3, -0.25) is 0 Å². The predicted octanol–water partition coefficient (Wildman–Crippen LogP) is 1.69. The van der Waals surface area contributed by atoms with E-state index < -0.39 is 0 Å². The van der Waals surface area contributed by atoms with Crippen molar-refractivity contribution in [2.45, 2.75) is 24.9 Å². The molecule has 0 aromatic carbocycles. The number of methoxy groups -OCH3 is 1. The Balaban J connectivity index is 2.01. The predicted molar refractivity (Wildman–Crippen MR) is 63.5 cm³/mol. The van der Waals surface area contributed by atoms with Crippen LogP contribution in [0.4, 0.5) is 11.8 Å². The lowest BCUT2D eigenvalue weighted by atomic mass is 9.80. The molecule has 1 aliphatic rings. The Labute approximate surface area is 99.4 Å². The van der Waals surface area contributed by atoms with Gasteiger partial charge in [0.05, 0.1) is 11.8 Å². The molecule has 3 N–H and O–H groups in total. The fourth-order valence-corrected chi connectivity index (χ4v) is 1.93. The van der Waals surface area contributed by atoms with Crippen LogP contribution in [-0.4, -0.2) is 29.2 Å². The summed E-state index contributed by atoms with van der Waals surface area (Å²) in [6.45, 7) is 0.694. The molecule has 1 aliphatic carbocycles. The first-order valence-corrected chi connectivity index (χ1v) is 5.60. The Hall–Kier alpha value is -1.07. The van der Waals surface area contributed by atoms with Gasteiger partial charge in [0.15, 0.2) is 5.82 Å². The maximum Gasteiger partial charge on any atom is 0.222 e. The van der Waals surface area contributed by atoms with E-state index in [0.717, 1.165) is 12.8 Å². The molecule has 0 amide bonds. The number of hydrogen-bond acceptors (Lipinski definition) is 5. The monoisotopic (exact) mass is 242 g/mol. The Morgan fingerprint density at radius 3 is 2.94 bits per heavy atom. The van der Waals surface area contributed by atoms with E-state index in [2.05, 4.69) is 15.3 Å². The van der Waals surface area contributed by atoms with Gasteiger partial charge in [-0.1, -0.05) is 11.6 Å². The molecule has 1 saturated carbocycles. The van der Waals surface area contributed by atoms with E-state index >= 15 is 0 Å². The minimum atomic E-state index is -0.0664. The van der Waals surface area contributed by atoms with Gasteiger partial charge in [0.25, 0.3) is 0 Å². The third-order valence-electron chi connectivity index (χ3n) is 3.04. The van der Waals surface area contributed by atoms with Crippen LogP contribution in [0.25, 0.3) is 0 Å². The molecule has 5 nitrogen and oxygen atoms in total. The molecule has 1 aromatic heterocycles. The fourth-order valence-electron chi connectivity index (χ4n) is 1.77. The van der Waals surface area contributed by atoms with Crippen LogP contribution < -0.4 is 11.1 Å².